The van der Waals surface area contributed by atoms with E-state index in [0.29, 0.717) is 11.4 Å². The average molecular weight is 361 g/mol. The lowest BCUT2D eigenvalue weighted by Crippen LogP contribution is -2.20. The molecule has 0 fully saturated rings. The largest absolute Gasteiger partial charge is 0.484 e. The molecule has 3 rings (SSSR count). The molecule has 27 heavy (non-hydrogen) atoms. The van der Waals surface area contributed by atoms with Crippen LogP contribution in [-0.4, -0.2) is 17.5 Å². The van der Waals surface area contributed by atoms with E-state index in [9.17, 15) is 4.79 Å². The van der Waals surface area contributed by atoms with Gasteiger partial charge in [-0.05, 0) is 56.2 Å². The van der Waals surface area contributed by atoms with E-state index >= 15 is 0 Å². The normalized spacial score (nSPS) is 10.3. The van der Waals surface area contributed by atoms with Crippen molar-refractivity contribution >= 4 is 23.1 Å². The quantitative estimate of drug-likeness (QED) is 0.664. The fourth-order valence-electron chi connectivity index (χ4n) is 2.91. The summed E-state index contributed by atoms with van der Waals surface area (Å²) in [5.74, 6) is 1.16. The smallest absolute Gasteiger partial charge is 0.262 e. The Hall–Kier alpha value is -3.34. The van der Waals surface area contributed by atoms with Crippen molar-refractivity contribution in [2.24, 2.45) is 0 Å². The zero-order valence-corrected chi connectivity index (χ0v) is 15.7. The number of rotatable bonds is 6. The molecule has 5 heteroatoms. The third kappa shape index (κ3) is 5.07. The van der Waals surface area contributed by atoms with Crippen LogP contribution in [-0.2, 0) is 4.79 Å². The minimum atomic E-state index is -0.230. The second-order valence-corrected chi connectivity index (χ2v) is 6.48. The number of carbonyl (C=O) groups excluding carboxylic acids is 1. The average Bonchev–Trinajstić information content (AvgIpc) is 2.65. The zero-order valence-electron chi connectivity index (χ0n) is 15.7. The lowest BCUT2D eigenvalue weighted by molar-refractivity contribution is -0.118. The fourth-order valence-corrected chi connectivity index (χ4v) is 2.91. The Kier molecular flexibility index (Phi) is 5.71. The first-order valence-electron chi connectivity index (χ1n) is 8.80. The number of ether oxygens (including phenoxy) is 1. The number of pyridine rings is 1. The number of para-hydroxylation sites is 1. The standard InChI is InChI=1S/C22H23N3O2/c1-15-11-16(2)22(17(3)12-15)25-20-10-9-18(13-23-20)24-21(26)14-27-19-7-5-4-6-8-19/h4-13H,14H2,1-3H3,(H,23,25)(H,24,26). The second-order valence-electron chi connectivity index (χ2n) is 6.48. The maximum Gasteiger partial charge on any atom is 0.262 e. The van der Waals surface area contributed by atoms with Crippen LogP contribution in [0.2, 0.25) is 0 Å². The van der Waals surface area contributed by atoms with Gasteiger partial charge in [-0.2, -0.15) is 0 Å². The van der Waals surface area contributed by atoms with E-state index in [0.717, 1.165) is 11.5 Å². The van der Waals surface area contributed by atoms with Crippen LogP contribution in [0.4, 0.5) is 17.2 Å². The van der Waals surface area contributed by atoms with Crippen LogP contribution in [0.1, 0.15) is 16.7 Å². The third-order valence-electron chi connectivity index (χ3n) is 4.09. The Bertz CT molecular complexity index is 899. The van der Waals surface area contributed by atoms with Crippen molar-refractivity contribution in [1.82, 2.24) is 4.98 Å². The van der Waals surface area contributed by atoms with E-state index in [1.54, 1.807) is 6.20 Å². The van der Waals surface area contributed by atoms with Crippen molar-refractivity contribution in [3.05, 3.63) is 77.5 Å². The van der Waals surface area contributed by atoms with Crippen LogP contribution in [0, 0.1) is 20.8 Å². The molecule has 0 radical (unpaired) electrons. The third-order valence-corrected chi connectivity index (χ3v) is 4.09. The Balaban J connectivity index is 1.58. The molecule has 0 bridgehead atoms. The molecule has 0 atom stereocenters. The predicted octanol–water partition coefficient (Wildman–Crippen LogP) is 4.77. The van der Waals surface area contributed by atoms with Crippen LogP contribution in [0.25, 0.3) is 0 Å². The Morgan fingerprint density at radius 3 is 2.33 bits per heavy atom. The van der Waals surface area contributed by atoms with E-state index in [1.165, 1.54) is 16.7 Å². The van der Waals surface area contributed by atoms with Crippen molar-refractivity contribution in [3.8, 4) is 5.75 Å². The summed E-state index contributed by atoms with van der Waals surface area (Å²) < 4.78 is 5.43. The molecule has 1 heterocycles. The number of benzene rings is 2. The molecule has 1 amide bonds. The lowest BCUT2D eigenvalue weighted by atomic mass is 10.1. The predicted molar refractivity (Wildman–Crippen MR) is 109 cm³/mol. The van der Waals surface area contributed by atoms with Crippen LogP contribution in [0.3, 0.4) is 0 Å². The molecule has 138 valence electrons. The number of anilines is 3. The number of hydrogen-bond acceptors (Lipinski definition) is 4. The summed E-state index contributed by atoms with van der Waals surface area (Å²) in [6, 6.07) is 17.2. The number of aryl methyl sites for hydroxylation is 3. The van der Waals surface area contributed by atoms with Gasteiger partial charge in [0.2, 0.25) is 0 Å². The molecule has 3 aromatic rings. The van der Waals surface area contributed by atoms with Gasteiger partial charge in [0.15, 0.2) is 6.61 Å². The summed E-state index contributed by atoms with van der Waals surface area (Å²) in [6.45, 7) is 6.18. The molecule has 0 unspecified atom stereocenters. The van der Waals surface area contributed by atoms with E-state index in [4.69, 9.17) is 4.74 Å². The van der Waals surface area contributed by atoms with Crippen molar-refractivity contribution in [2.75, 3.05) is 17.2 Å². The zero-order chi connectivity index (χ0) is 19.2. The molecule has 0 aliphatic carbocycles. The van der Waals surface area contributed by atoms with Gasteiger partial charge in [0.25, 0.3) is 5.91 Å². The number of nitrogens with zero attached hydrogens (tertiary/aromatic N) is 1. The summed E-state index contributed by atoms with van der Waals surface area (Å²) >= 11 is 0. The maximum atomic E-state index is 12.0. The van der Waals surface area contributed by atoms with Gasteiger partial charge in [0.1, 0.15) is 11.6 Å². The molecule has 2 N–H and O–H groups in total. The van der Waals surface area contributed by atoms with Crippen molar-refractivity contribution in [2.45, 2.75) is 20.8 Å². The molecule has 2 aromatic carbocycles. The molecule has 0 aliphatic heterocycles. The SMILES string of the molecule is Cc1cc(C)c(Nc2ccc(NC(=O)COc3ccccc3)cn2)c(C)c1. The van der Waals surface area contributed by atoms with Gasteiger partial charge in [-0.15, -0.1) is 0 Å². The molecular formula is C22H23N3O2. The topological polar surface area (TPSA) is 63.2 Å². The Labute approximate surface area is 159 Å². The van der Waals surface area contributed by atoms with E-state index in [2.05, 4.69) is 48.5 Å². The fraction of sp³-hybridized carbons (Fsp3) is 0.182. The molecule has 0 spiro atoms. The van der Waals surface area contributed by atoms with E-state index < -0.39 is 0 Å². The highest BCUT2D eigenvalue weighted by atomic mass is 16.5. The van der Waals surface area contributed by atoms with E-state index in [-0.39, 0.29) is 12.5 Å². The van der Waals surface area contributed by atoms with Crippen LogP contribution >= 0.6 is 0 Å². The monoisotopic (exact) mass is 361 g/mol. The van der Waals surface area contributed by atoms with Crippen molar-refractivity contribution in [1.29, 1.82) is 0 Å². The number of amides is 1. The lowest BCUT2D eigenvalue weighted by Gasteiger charge is -2.13. The first-order chi connectivity index (χ1) is 13.0. The molecular weight excluding hydrogens is 338 g/mol. The van der Waals surface area contributed by atoms with Gasteiger partial charge >= 0.3 is 0 Å². The second kappa shape index (κ2) is 8.36. The first-order valence-corrected chi connectivity index (χ1v) is 8.80. The molecule has 1 aromatic heterocycles. The summed E-state index contributed by atoms with van der Waals surface area (Å²) in [6.07, 6.45) is 1.63. The number of hydrogen-bond donors (Lipinski definition) is 2. The van der Waals surface area contributed by atoms with Gasteiger partial charge in [-0.3, -0.25) is 4.79 Å². The van der Waals surface area contributed by atoms with Gasteiger partial charge in [-0.25, -0.2) is 4.98 Å². The Morgan fingerprint density at radius 1 is 1.00 bits per heavy atom. The van der Waals surface area contributed by atoms with E-state index in [1.807, 2.05) is 42.5 Å². The molecule has 0 saturated heterocycles. The minimum absolute atomic E-state index is 0.0498. The highest BCUT2D eigenvalue weighted by molar-refractivity contribution is 5.91. The van der Waals surface area contributed by atoms with Crippen LogP contribution < -0.4 is 15.4 Å². The highest BCUT2D eigenvalue weighted by Gasteiger charge is 2.07. The number of nitrogens with one attached hydrogen (secondary N) is 2. The van der Waals surface area contributed by atoms with Gasteiger partial charge in [0, 0.05) is 5.69 Å². The van der Waals surface area contributed by atoms with Gasteiger partial charge in [-0.1, -0.05) is 35.9 Å². The van der Waals surface area contributed by atoms with Gasteiger partial charge in [0.05, 0.1) is 11.9 Å². The Morgan fingerprint density at radius 2 is 1.70 bits per heavy atom. The van der Waals surface area contributed by atoms with Crippen LogP contribution in [0.5, 0.6) is 5.75 Å². The van der Waals surface area contributed by atoms with Gasteiger partial charge < -0.3 is 15.4 Å². The minimum Gasteiger partial charge on any atom is -0.484 e. The summed E-state index contributed by atoms with van der Waals surface area (Å²) in [5.41, 5.74) is 5.26. The van der Waals surface area contributed by atoms with Crippen molar-refractivity contribution in [3.63, 3.8) is 0 Å². The highest BCUT2D eigenvalue weighted by Crippen LogP contribution is 2.25. The summed E-state index contributed by atoms with van der Waals surface area (Å²) in [4.78, 5) is 16.4. The summed E-state index contributed by atoms with van der Waals surface area (Å²) in [7, 11) is 0. The summed E-state index contributed by atoms with van der Waals surface area (Å²) in [5, 5.41) is 6.13. The molecule has 0 aliphatic rings. The number of aromatic nitrogens is 1. The van der Waals surface area contributed by atoms with Crippen LogP contribution in [0.15, 0.2) is 60.8 Å². The molecule has 0 saturated carbocycles. The first kappa shape index (κ1) is 18.5. The number of carbonyl (C=O) groups is 1. The van der Waals surface area contributed by atoms with Crippen molar-refractivity contribution < 1.29 is 9.53 Å². The maximum absolute atomic E-state index is 12.0. The molecule has 5 nitrogen and oxygen atoms in total.